The number of esters is 3. The Hall–Kier alpha value is -3.41. The van der Waals surface area contributed by atoms with Gasteiger partial charge in [-0.25, -0.2) is 0 Å². The molecule has 0 saturated heterocycles. The van der Waals surface area contributed by atoms with Crippen molar-refractivity contribution >= 4 is 17.9 Å². The average molecular weight is 1020 g/mol. The molecule has 0 fully saturated rings. The highest BCUT2D eigenvalue weighted by Gasteiger charge is 2.19. The minimum Gasteiger partial charge on any atom is -0.462 e. The predicted molar refractivity (Wildman–Crippen MR) is 316 cm³/mol. The van der Waals surface area contributed by atoms with Crippen LogP contribution in [0.5, 0.6) is 0 Å². The second-order valence-corrected chi connectivity index (χ2v) is 20.6. The second kappa shape index (κ2) is 61.1. The van der Waals surface area contributed by atoms with Crippen LogP contribution in [0.2, 0.25) is 0 Å². The van der Waals surface area contributed by atoms with Crippen molar-refractivity contribution < 1.29 is 28.6 Å². The first-order valence-electron chi connectivity index (χ1n) is 31.1. The SMILES string of the molecule is CC/C=C\C/C=C\C/C=C\C/C=C\CCCCCCCCCCCCCCCCCCCCCCC(=O)OCC(COC(=O)CCCCCCCCCCC)OC(=O)CCCCC/C=C\C/C=C\C/C=C\CC. The third-order valence-electron chi connectivity index (χ3n) is 13.4. The highest BCUT2D eigenvalue weighted by Crippen LogP contribution is 2.17. The molecule has 0 heterocycles. The van der Waals surface area contributed by atoms with Crippen LogP contribution in [0, 0.1) is 0 Å². The fourth-order valence-electron chi connectivity index (χ4n) is 8.80. The molecule has 0 aliphatic rings. The van der Waals surface area contributed by atoms with Gasteiger partial charge in [0.2, 0.25) is 0 Å². The summed E-state index contributed by atoms with van der Waals surface area (Å²) in [5, 5.41) is 0. The van der Waals surface area contributed by atoms with Gasteiger partial charge in [0.25, 0.3) is 0 Å². The van der Waals surface area contributed by atoms with E-state index in [0.717, 1.165) is 109 Å². The molecule has 0 bridgehead atoms. The summed E-state index contributed by atoms with van der Waals surface area (Å²) in [4.78, 5) is 38.0. The van der Waals surface area contributed by atoms with E-state index in [-0.39, 0.29) is 31.1 Å². The van der Waals surface area contributed by atoms with Gasteiger partial charge < -0.3 is 14.2 Å². The minimum absolute atomic E-state index is 0.0840. The Morgan fingerprint density at radius 2 is 0.534 bits per heavy atom. The van der Waals surface area contributed by atoms with Crippen molar-refractivity contribution in [2.45, 2.75) is 309 Å². The molecular weight excluding hydrogens is 901 g/mol. The standard InChI is InChI=1S/C67H116O6/c1-4-7-10-13-16-19-21-23-24-25-26-27-28-29-30-31-32-33-34-35-36-37-38-39-40-41-42-44-45-48-51-54-57-60-66(69)72-63-64(62-71-65(68)59-56-53-50-47-18-15-12-9-6-3)73-67(70)61-58-55-52-49-46-43-22-20-17-14-11-8-5-2/h7-8,10-11,16-17,19-20,23-24,26-27,43,46,64H,4-6,9,12-15,18,21-22,25,28-42,44-45,47-63H2,1-3H3/b10-7-,11-8-,19-16-,20-17-,24-23-,27-26-,46-43-. The monoisotopic (exact) mass is 1020 g/mol. The van der Waals surface area contributed by atoms with Crippen molar-refractivity contribution in [2.24, 2.45) is 0 Å². The van der Waals surface area contributed by atoms with Gasteiger partial charge in [0, 0.05) is 19.3 Å². The van der Waals surface area contributed by atoms with Crippen LogP contribution in [0.4, 0.5) is 0 Å². The number of hydrogen-bond donors (Lipinski definition) is 0. The van der Waals surface area contributed by atoms with Crippen molar-refractivity contribution in [1.82, 2.24) is 0 Å². The molecule has 0 spiro atoms. The van der Waals surface area contributed by atoms with E-state index in [4.69, 9.17) is 14.2 Å². The quantitative estimate of drug-likeness (QED) is 0.0261. The van der Waals surface area contributed by atoms with E-state index in [1.807, 2.05) is 0 Å². The molecule has 1 unspecified atom stereocenters. The first-order chi connectivity index (χ1) is 36.0. The van der Waals surface area contributed by atoms with Crippen LogP contribution in [0.15, 0.2) is 85.1 Å². The molecule has 0 N–H and O–H groups in total. The normalized spacial score (nSPS) is 12.6. The summed E-state index contributed by atoms with van der Waals surface area (Å²) in [6.45, 7) is 6.39. The average Bonchev–Trinajstić information content (AvgIpc) is 3.39. The van der Waals surface area contributed by atoms with Gasteiger partial charge in [-0.15, -0.1) is 0 Å². The molecule has 1 atom stereocenters. The molecule has 0 radical (unpaired) electrons. The van der Waals surface area contributed by atoms with Crippen molar-refractivity contribution in [3.8, 4) is 0 Å². The second-order valence-electron chi connectivity index (χ2n) is 20.6. The van der Waals surface area contributed by atoms with Crippen molar-refractivity contribution in [2.75, 3.05) is 13.2 Å². The number of ether oxygens (including phenoxy) is 3. The Morgan fingerprint density at radius 1 is 0.288 bits per heavy atom. The van der Waals surface area contributed by atoms with Crippen LogP contribution in [0.1, 0.15) is 303 Å². The largest absolute Gasteiger partial charge is 0.462 e. The summed E-state index contributed by atoms with van der Waals surface area (Å²) in [5.74, 6) is -0.907. The molecule has 0 aromatic rings. The summed E-state index contributed by atoms with van der Waals surface area (Å²) in [7, 11) is 0. The summed E-state index contributed by atoms with van der Waals surface area (Å²) in [5.41, 5.74) is 0. The van der Waals surface area contributed by atoms with E-state index < -0.39 is 6.10 Å². The van der Waals surface area contributed by atoms with Gasteiger partial charge in [0.1, 0.15) is 13.2 Å². The zero-order valence-corrected chi connectivity index (χ0v) is 48.1. The molecule has 0 aromatic carbocycles. The fourth-order valence-corrected chi connectivity index (χ4v) is 8.80. The smallest absolute Gasteiger partial charge is 0.306 e. The summed E-state index contributed by atoms with van der Waals surface area (Å²) in [6, 6.07) is 0. The molecule has 6 nitrogen and oxygen atoms in total. The molecule has 0 rings (SSSR count). The van der Waals surface area contributed by atoms with E-state index in [9.17, 15) is 14.4 Å². The number of hydrogen-bond acceptors (Lipinski definition) is 6. The van der Waals surface area contributed by atoms with Crippen LogP contribution in [0.25, 0.3) is 0 Å². The molecule has 73 heavy (non-hydrogen) atoms. The molecule has 0 saturated carbocycles. The lowest BCUT2D eigenvalue weighted by Crippen LogP contribution is -2.30. The van der Waals surface area contributed by atoms with Crippen LogP contribution in [-0.2, 0) is 28.6 Å². The third kappa shape index (κ3) is 59.3. The Labute approximate surface area is 452 Å². The van der Waals surface area contributed by atoms with E-state index >= 15 is 0 Å². The fraction of sp³-hybridized carbons (Fsp3) is 0.746. The molecule has 0 aliphatic heterocycles. The minimum atomic E-state index is -0.786. The van der Waals surface area contributed by atoms with E-state index in [1.165, 1.54) is 154 Å². The van der Waals surface area contributed by atoms with Crippen molar-refractivity contribution in [3.63, 3.8) is 0 Å². The molecule has 0 aliphatic carbocycles. The Morgan fingerprint density at radius 3 is 0.849 bits per heavy atom. The third-order valence-corrected chi connectivity index (χ3v) is 13.4. The number of carbonyl (C=O) groups excluding carboxylic acids is 3. The van der Waals surface area contributed by atoms with E-state index in [1.54, 1.807) is 0 Å². The van der Waals surface area contributed by atoms with Gasteiger partial charge in [-0.05, 0) is 89.9 Å². The van der Waals surface area contributed by atoms with Crippen LogP contribution >= 0.6 is 0 Å². The zero-order valence-electron chi connectivity index (χ0n) is 48.1. The highest BCUT2D eigenvalue weighted by atomic mass is 16.6. The maximum absolute atomic E-state index is 12.8. The lowest BCUT2D eigenvalue weighted by atomic mass is 10.0. The van der Waals surface area contributed by atoms with Crippen LogP contribution < -0.4 is 0 Å². The predicted octanol–water partition coefficient (Wildman–Crippen LogP) is 21.1. The number of allylic oxidation sites excluding steroid dienone is 14. The molecule has 0 amide bonds. The topological polar surface area (TPSA) is 78.9 Å². The zero-order chi connectivity index (χ0) is 52.9. The van der Waals surface area contributed by atoms with Crippen molar-refractivity contribution in [1.29, 1.82) is 0 Å². The maximum atomic E-state index is 12.8. The van der Waals surface area contributed by atoms with Gasteiger partial charge in [-0.1, -0.05) is 279 Å². The molecule has 6 heteroatoms. The number of rotatable bonds is 56. The Bertz CT molecular complexity index is 1400. The Balaban J connectivity index is 4.03. The first kappa shape index (κ1) is 69.6. The lowest BCUT2D eigenvalue weighted by Gasteiger charge is -2.18. The van der Waals surface area contributed by atoms with E-state index in [0.29, 0.717) is 19.3 Å². The highest BCUT2D eigenvalue weighted by molar-refractivity contribution is 5.71. The van der Waals surface area contributed by atoms with Gasteiger partial charge in [0.05, 0.1) is 0 Å². The maximum Gasteiger partial charge on any atom is 0.306 e. The van der Waals surface area contributed by atoms with Gasteiger partial charge in [-0.2, -0.15) is 0 Å². The van der Waals surface area contributed by atoms with Gasteiger partial charge in [-0.3, -0.25) is 14.4 Å². The van der Waals surface area contributed by atoms with Crippen LogP contribution in [0.3, 0.4) is 0 Å². The summed E-state index contributed by atoms with van der Waals surface area (Å²) in [6.07, 6.45) is 80.5. The lowest BCUT2D eigenvalue weighted by molar-refractivity contribution is -0.167. The van der Waals surface area contributed by atoms with Crippen molar-refractivity contribution in [3.05, 3.63) is 85.1 Å². The molecule has 0 aromatic heterocycles. The molecule has 420 valence electrons. The first-order valence-corrected chi connectivity index (χ1v) is 31.1. The summed E-state index contributed by atoms with van der Waals surface area (Å²) >= 11 is 0. The van der Waals surface area contributed by atoms with E-state index in [2.05, 4.69) is 106 Å². The molecular formula is C67H116O6. The number of unbranched alkanes of at least 4 members (excludes halogenated alkanes) is 31. The van der Waals surface area contributed by atoms with Gasteiger partial charge >= 0.3 is 17.9 Å². The number of carbonyl (C=O) groups is 3. The summed E-state index contributed by atoms with van der Waals surface area (Å²) < 4.78 is 16.8. The van der Waals surface area contributed by atoms with Gasteiger partial charge in [0.15, 0.2) is 6.10 Å². The Kier molecular flexibility index (Phi) is 58.3. The van der Waals surface area contributed by atoms with Crippen LogP contribution in [-0.4, -0.2) is 37.2 Å².